The highest BCUT2D eigenvalue weighted by Crippen LogP contribution is 2.28. The molecule has 0 fully saturated rings. The van der Waals surface area contributed by atoms with Gasteiger partial charge < -0.3 is 15.5 Å². The lowest BCUT2D eigenvalue weighted by molar-refractivity contribution is 0.623. The van der Waals surface area contributed by atoms with Gasteiger partial charge in [-0.1, -0.05) is 11.6 Å². The van der Waals surface area contributed by atoms with E-state index in [1.54, 1.807) is 12.1 Å². The standard InChI is InChI=1S/C13H9ClIN3O/c14-9-5-7(15)1-3-10(9)17-13-18-11-4-2-8(16)6-12(11)19-13/h1-6H,16H2,(H,17,18). The zero-order chi connectivity index (χ0) is 13.4. The Labute approximate surface area is 128 Å². The fraction of sp³-hybridized carbons (Fsp3) is 0. The molecule has 3 aromatic rings. The van der Waals surface area contributed by atoms with Gasteiger partial charge in [-0.15, -0.1) is 0 Å². The van der Waals surface area contributed by atoms with Gasteiger partial charge in [-0.05, 0) is 52.9 Å². The topological polar surface area (TPSA) is 64.1 Å². The van der Waals surface area contributed by atoms with Crippen LogP contribution in [0.2, 0.25) is 5.02 Å². The molecule has 0 saturated heterocycles. The number of hydrogen-bond donors (Lipinski definition) is 2. The van der Waals surface area contributed by atoms with Crippen LogP contribution >= 0.6 is 34.2 Å². The summed E-state index contributed by atoms with van der Waals surface area (Å²) in [5.74, 6) is 0. The molecule has 0 amide bonds. The van der Waals surface area contributed by atoms with E-state index in [2.05, 4.69) is 32.9 Å². The summed E-state index contributed by atoms with van der Waals surface area (Å²) >= 11 is 8.35. The minimum Gasteiger partial charge on any atom is -0.423 e. The van der Waals surface area contributed by atoms with Crippen LogP contribution in [0.25, 0.3) is 11.1 Å². The summed E-state index contributed by atoms with van der Waals surface area (Å²) in [6.45, 7) is 0. The predicted molar refractivity (Wildman–Crippen MR) is 85.9 cm³/mol. The van der Waals surface area contributed by atoms with Gasteiger partial charge in [-0.25, -0.2) is 0 Å². The van der Waals surface area contributed by atoms with Gasteiger partial charge in [0.05, 0.1) is 10.7 Å². The first-order chi connectivity index (χ1) is 9.11. The van der Waals surface area contributed by atoms with Crippen molar-refractivity contribution in [2.24, 2.45) is 0 Å². The number of fused-ring (bicyclic) bond motifs is 1. The average Bonchev–Trinajstić information content (AvgIpc) is 2.74. The van der Waals surface area contributed by atoms with Crippen molar-refractivity contribution in [3.05, 3.63) is 45.0 Å². The van der Waals surface area contributed by atoms with Crippen molar-refractivity contribution in [1.82, 2.24) is 4.98 Å². The third-order valence-corrected chi connectivity index (χ3v) is 3.57. The third kappa shape index (κ3) is 2.62. The summed E-state index contributed by atoms with van der Waals surface area (Å²) < 4.78 is 6.64. The molecule has 96 valence electrons. The Kier molecular flexibility index (Phi) is 3.24. The predicted octanol–water partition coefficient (Wildman–Crippen LogP) is 4.41. The maximum absolute atomic E-state index is 6.15. The lowest BCUT2D eigenvalue weighted by Gasteiger charge is -2.04. The second kappa shape index (κ2) is 4.90. The normalized spacial score (nSPS) is 10.8. The lowest BCUT2D eigenvalue weighted by atomic mass is 10.3. The number of rotatable bonds is 2. The maximum Gasteiger partial charge on any atom is 0.300 e. The van der Waals surface area contributed by atoms with Gasteiger partial charge in [-0.2, -0.15) is 4.98 Å². The summed E-state index contributed by atoms with van der Waals surface area (Å²) in [7, 11) is 0. The molecular weight excluding hydrogens is 377 g/mol. The van der Waals surface area contributed by atoms with Crippen LogP contribution in [0, 0.1) is 3.57 Å². The minimum absolute atomic E-state index is 0.392. The van der Waals surface area contributed by atoms with Crippen LogP contribution in [0.3, 0.4) is 0 Å². The van der Waals surface area contributed by atoms with Crippen molar-refractivity contribution in [3.8, 4) is 0 Å². The summed E-state index contributed by atoms with van der Waals surface area (Å²) in [6.07, 6.45) is 0. The van der Waals surface area contributed by atoms with Gasteiger partial charge in [0.15, 0.2) is 5.58 Å². The number of oxazole rings is 1. The Hall–Kier alpha value is -1.47. The smallest absolute Gasteiger partial charge is 0.300 e. The Morgan fingerprint density at radius 2 is 2.05 bits per heavy atom. The van der Waals surface area contributed by atoms with E-state index in [1.807, 2.05) is 24.3 Å². The number of benzene rings is 2. The second-order valence-corrected chi connectivity index (χ2v) is 5.65. The van der Waals surface area contributed by atoms with Crippen LogP contribution < -0.4 is 11.1 Å². The van der Waals surface area contributed by atoms with Crippen LogP contribution in [0.15, 0.2) is 40.8 Å². The molecule has 2 aromatic carbocycles. The first-order valence-electron chi connectivity index (χ1n) is 5.50. The zero-order valence-corrected chi connectivity index (χ0v) is 12.6. The molecule has 1 aromatic heterocycles. The molecule has 19 heavy (non-hydrogen) atoms. The van der Waals surface area contributed by atoms with E-state index in [4.69, 9.17) is 21.8 Å². The van der Waals surface area contributed by atoms with Crippen LogP contribution in [-0.4, -0.2) is 4.98 Å². The molecule has 0 aliphatic rings. The van der Waals surface area contributed by atoms with Crippen molar-refractivity contribution in [1.29, 1.82) is 0 Å². The van der Waals surface area contributed by atoms with Crippen molar-refractivity contribution in [3.63, 3.8) is 0 Å². The van der Waals surface area contributed by atoms with Gasteiger partial charge in [0.25, 0.3) is 6.01 Å². The number of halogens is 2. The highest BCUT2D eigenvalue weighted by atomic mass is 127. The van der Waals surface area contributed by atoms with Crippen molar-refractivity contribution < 1.29 is 4.42 Å². The molecule has 0 bridgehead atoms. The second-order valence-electron chi connectivity index (χ2n) is 4.00. The number of nitrogens with zero attached hydrogens (tertiary/aromatic N) is 1. The first-order valence-corrected chi connectivity index (χ1v) is 6.95. The van der Waals surface area contributed by atoms with Crippen LogP contribution in [0.1, 0.15) is 0 Å². The van der Waals surface area contributed by atoms with Gasteiger partial charge >= 0.3 is 0 Å². The van der Waals surface area contributed by atoms with Crippen molar-refractivity contribution >= 4 is 62.7 Å². The number of hydrogen-bond acceptors (Lipinski definition) is 4. The summed E-state index contributed by atoms with van der Waals surface area (Å²) in [6, 6.07) is 11.4. The molecule has 0 aliphatic carbocycles. The molecule has 0 saturated carbocycles. The molecule has 0 unspecified atom stereocenters. The number of nitrogens with two attached hydrogens (primary N) is 1. The molecule has 4 nitrogen and oxygen atoms in total. The van der Waals surface area contributed by atoms with Crippen molar-refractivity contribution in [2.45, 2.75) is 0 Å². The van der Waals surface area contributed by atoms with Gasteiger partial charge in [0.1, 0.15) is 5.52 Å². The average molecular weight is 386 g/mol. The number of nitrogen functional groups attached to an aromatic ring is 1. The lowest BCUT2D eigenvalue weighted by Crippen LogP contribution is -1.91. The SMILES string of the molecule is Nc1ccc2nc(Nc3ccc(I)cc3Cl)oc2c1. The largest absolute Gasteiger partial charge is 0.423 e. The molecule has 0 spiro atoms. The molecule has 0 aliphatic heterocycles. The van der Waals surface area contributed by atoms with Gasteiger partial charge in [0, 0.05) is 15.3 Å². The van der Waals surface area contributed by atoms with E-state index in [0.29, 0.717) is 22.3 Å². The highest BCUT2D eigenvalue weighted by molar-refractivity contribution is 14.1. The fourth-order valence-corrected chi connectivity index (χ4v) is 2.60. The highest BCUT2D eigenvalue weighted by Gasteiger charge is 2.08. The molecule has 0 atom stereocenters. The summed E-state index contributed by atoms with van der Waals surface area (Å²) in [5, 5.41) is 3.67. The van der Waals surface area contributed by atoms with E-state index in [1.165, 1.54) is 0 Å². The van der Waals surface area contributed by atoms with Crippen LogP contribution in [0.4, 0.5) is 17.4 Å². The Morgan fingerprint density at radius 3 is 2.84 bits per heavy atom. The Morgan fingerprint density at radius 1 is 1.21 bits per heavy atom. The summed E-state index contributed by atoms with van der Waals surface area (Å²) in [5.41, 5.74) is 8.48. The van der Waals surface area contributed by atoms with Crippen molar-refractivity contribution in [2.75, 3.05) is 11.1 Å². The van der Waals surface area contributed by atoms with E-state index in [9.17, 15) is 0 Å². The molecule has 6 heteroatoms. The number of nitrogens with one attached hydrogen (secondary N) is 1. The minimum atomic E-state index is 0.392. The Bertz CT molecular complexity index is 757. The molecule has 0 radical (unpaired) electrons. The molecule has 3 rings (SSSR count). The Balaban J connectivity index is 1.96. The molecular formula is C13H9ClIN3O. The van der Waals surface area contributed by atoms with E-state index < -0.39 is 0 Å². The molecule has 3 N–H and O–H groups in total. The van der Waals surface area contributed by atoms with E-state index in [0.717, 1.165) is 14.8 Å². The maximum atomic E-state index is 6.15. The molecule has 1 heterocycles. The van der Waals surface area contributed by atoms with Gasteiger partial charge in [-0.3, -0.25) is 0 Å². The van der Waals surface area contributed by atoms with Crippen LogP contribution in [-0.2, 0) is 0 Å². The third-order valence-electron chi connectivity index (χ3n) is 2.59. The fourth-order valence-electron chi connectivity index (χ4n) is 1.70. The summed E-state index contributed by atoms with van der Waals surface area (Å²) in [4.78, 5) is 4.32. The number of anilines is 3. The zero-order valence-electron chi connectivity index (χ0n) is 9.65. The van der Waals surface area contributed by atoms with E-state index in [-0.39, 0.29) is 0 Å². The monoisotopic (exact) mass is 385 g/mol. The first kappa shape index (κ1) is 12.6. The van der Waals surface area contributed by atoms with Crippen LogP contribution in [0.5, 0.6) is 0 Å². The number of aromatic nitrogens is 1. The van der Waals surface area contributed by atoms with E-state index >= 15 is 0 Å². The quantitative estimate of drug-likeness (QED) is 0.506. The van der Waals surface area contributed by atoms with Gasteiger partial charge in [0.2, 0.25) is 0 Å².